The maximum absolute atomic E-state index is 12.8. The number of imide groups is 1. The molecule has 162 valence electrons. The van der Waals surface area contributed by atoms with Gasteiger partial charge in [0, 0.05) is 15.6 Å². The molecule has 8 heteroatoms. The van der Waals surface area contributed by atoms with Gasteiger partial charge in [-0.15, -0.1) is 0 Å². The largest absolute Gasteiger partial charge is 0.488 e. The summed E-state index contributed by atoms with van der Waals surface area (Å²) in [6.45, 7) is 0.515. The highest BCUT2D eigenvalue weighted by Crippen LogP contribution is 2.35. The predicted molar refractivity (Wildman–Crippen MR) is 133 cm³/mol. The summed E-state index contributed by atoms with van der Waals surface area (Å²) >= 11 is 16.6. The lowest BCUT2D eigenvalue weighted by Crippen LogP contribution is -2.27. The van der Waals surface area contributed by atoms with Crippen molar-refractivity contribution < 1.29 is 14.3 Å². The number of rotatable bonds is 6. The number of thioether (sulfide) groups is 1. The lowest BCUT2D eigenvalue weighted by molar-refractivity contribution is -0.123. The fraction of sp³-hybridized carbons (Fsp3) is 0.0833. The third-order valence-corrected chi connectivity index (χ3v) is 6.83. The normalized spacial score (nSPS) is 15.0. The van der Waals surface area contributed by atoms with Crippen LogP contribution in [0, 0.1) is 0 Å². The van der Waals surface area contributed by atoms with E-state index in [1.165, 1.54) is 4.90 Å². The smallest absolute Gasteiger partial charge is 0.293 e. The summed E-state index contributed by atoms with van der Waals surface area (Å²) in [7, 11) is 0. The maximum Gasteiger partial charge on any atom is 0.293 e. The Morgan fingerprint density at radius 3 is 2.56 bits per heavy atom. The van der Waals surface area contributed by atoms with Gasteiger partial charge in [0.25, 0.3) is 11.1 Å². The summed E-state index contributed by atoms with van der Waals surface area (Å²) in [6.07, 6.45) is 1.70. The number of hydrogen-bond donors (Lipinski definition) is 0. The van der Waals surface area contributed by atoms with Crippen molar-refractivity contribution in [3.05, 3.63) is 103 Å². The zero-order chi connectivity index (χ0) is 22.7. The Morgan fingerprint density at radius 1 is 1.00 bits per heavy atom. The van der Waals surface area contributed by atoms with Crippen LogP contribution in [0.25, 0.3) is 6.08 Å². The highest BCUT2D eigenvalue weighted by Gasteiger charge is 2.35. The van der Waals surface area contributed by atoms with Gasteiger partial charge in [-0.2, -0.15) is 0 Å². The molecule has 0 bridgehead atoms. The molecule has 0 aliphatic carbocycles. The van der Waals surface area contributed by atoms with Crippen LogP contribution >= 0.6 is 50.9 Å². The standard InChI is InChI=1S/C24H16BrCl2NO3S/c25-19-11-15(8-9-21(19)31-14-17-5-1-2-7-20(17)27)12-22-23(29)28(24(30)32-22)13-16-4-3-6-18(26)10-16/h1-12H,13-14H2/b22-12-. The zero-order valence-corrected chi connectivity index (χ0v) is 20.5. The number of ether oxygens (including phenoxy) is 1. The number of hydrogen-bond acceptors (Lipinski definition) is 4. The Bertz CT molecular complexity index is 1230. The van der Waals surface area contributed by atoms with Crippen molar-refractivity contribution in [3.63, 3.8) is 0 Å². The van der Waals surface area contributed by atoms with Crippen molar-refractivity contribution in [2.24, 2.45) is 0 Å². The molecule has 0 atom stereocenters. The molecule has 1 aliphatic heterocycles. The van der Waals surface area contributed by atoms with Gasteiger partial charge in [0.05, 0.1) is 15.9 Å². The van der Waals surface area contributed by atoms with Crippen molar-refractivity contribution in [1.29, 1.82) is 0 Å². The maximum atomic E-state index is 12.8. The van der Waals surface area contributed by atoms with E-state index in [9.17, 15) is 9.59 Å². The number of nitrogens with zero attached hydrogens (tertiary/aromatic N) is 1. The van der Waals surface area contributed by atoms with Crippen LogP contribution in [0.2, 0.25) is 10.0 Å². The van der Waals surface area contributed by atoms with E-state index in [2.05, 4.69) is 15.9 Å². The molecular formula is C24H16BrCl2NO3S. The quantitative estimate of drug-likeness (QED) is 0.298. The number of benzene rings is 3. The van der Waals surface area contributed by atoms with Crippen molar-refractivity contribution in [3.8, 4) is 5.75 Å². The molecule has 32 heavy (non-hydrogen) atoms. The highest BCUT2D eigenvalue weighted by atomic mass is 79.9. The molecule has 1 fully saturated rings. The first-order valence-corrected chi connectivity index (χ1v) is 11.9. The van der Waals surface area contributed by atoms with Gasteiger partial charge in [-0.05, 0) is 75.2 Å². The second-order valence-corrected chi connectivity index (χ2v) is 9.66. The van der Waals surface area contributed by atoms with E-state index in [0.29, 0.717) is 27.3 Å². The Morgan fingerprint density at radius 2 is 1.81 bits per heavy atom. The van der Waals surface area contributed by atoms with Gasteiger partial charge >= 0.3 is 0 Å². The monoisotopic (exact) mass is 547 g/mol. The SMILES string of the molecule is O=C1S/C(=C\c2ccc(OCc3ccccc3Cl)c(Br)c2)C(=O)N1Cc1cccc(Cl)c1. The van der Waals surface area contributed by atoms with Gasteiger partial charge < -0.3 is 4.74 Å². The van der Waals surface area contributed by atoms with Gasteiger partial charge in [-0.25, -0.2) is 0 Å². The van der Waals surface area contributed by atoms with Crippen LogP contribution in [-0.4, -0.2) is 16.0 Å². The second-order valence-electron chi connectivity index (χ2n) is 6.97. The van der Waals surface area contributed by atoms with Crippen LogP contribution in [0.15, 0.2) is 76.1 Å². The van der Waals surface area contributed by atoms with Crippen LogP contribution in [0.1, 0.15) is 16.7 Å². The van der Waals surface area contributed by atoms with E-state index in [-0.39, 0.29) is 17.7 Å². The topological polar surface area (TPSA) is 46.6 Å². The number of halogens is 3. The van der Waals surface area contributed by atoms with E-state index in [1.54, 1.807) is 24.3 Å². The lowest BCUT2D eigenvalue weighted by atomic mass is 10.2. The molecule has 2 amide bonds. The minimum Gasteiger partial charge on any atom is -0.488 e. The van der Waals surface area contributed by atoms with Crippen molar-refractivity contribution >= 4 is 68.1 Å². The summed E-state index contributed by atoms with van der Waals surface area (Å²) in [4.78, 5) is 26.8. The number of carbonyl (C=O) groups is 2. The Balaban J connectivity index is 1.46. The van der Waals surface area contributed by atoms with E-state index in [1.807, 2.05) is 48.5 Å². The molecule has 0 N–H and O–H groups in total. The van der Waals surface area contributed by atoms with Crippen LogP contribution < -0.4 is 4.74 Å². The van der Waals surface area contributed by atoms with E-state index >= 15 is 0 Å². The number of amides is 2. The molecule has 3 aromatic rings. The lowest BCUT2D eigenvalue weighted by Gasteiger charge is -2.12. The third-order valence-electron chi connectivity index (χ3n) is 4.70. The minimum absolute atomic E-state index is 0.182. The Labute approximate surface area is 208 Å². The van der Waals surface area contributed by atoms with Crippen molar-refractivity contribution in [2.45, 2.75) is 13.2 Å². The van der Waals surface area contributed by atoms with Crippen molar-refractivity contribution in [1.82, 2.24) is 4.90 Å². The summed E-state index contributed by atoms with van der Waals surface area (Å²) in [6, 6.07) is 20.1. The van der Waals surface area contributed by atoms with Crippen LogP contribution in [0.5, 0.6) is 5.75 Å². The molecule has 0 spiro atoms. The molecule has 0 saturated carbocycles. The first-order valence-electron chi connectivity index (χ1n) is 9.56. The molecule has 0 aromatic heterocycles. The average Bonchev–Trinajstić information content (AvgIpc) is 3.01. The highest BCUT2D eigenvalue weighted by molar-refractivity contribution is 9.10. The van der Waals surface area contributed by atoms with E-state index in [4.69, 9.17) is 27.9 Å². The number of carbonyl (C=O) groups excluding carboxylic acids is 2. The molecular weight excluding hydrogens is 533 g/mol. The summed E-state index contributed by atoms with van der Waals surface area (Å²) in [5.74, 6) is 0.325. The Kier molecular flexibility index (Phi) is 7.26. The fourth-order valence-electron chi connectivity index (χ4n) is 3.10. The third kappa shape index (κ3) is 5.38. The first-order chi connectivity index (χ1) is 15.4. The predicted octanol–water partition coefficient (Wildman–Crippen LogP) is 7.57. The van der Waals surface area contributed by atoms with Crippen LogP contribution in [0.3, 0.4) is 0 Å². The van der Waals surface area contributed by atoms with Crippen LogP contribution in [0.4, 0.5) is 4.79 Å². The minimum atomic E-state index is -0.324. The zero-order valence-electron chi connectivity index (χ0n) is 16.6. The summed E-state index contributed by atoms with van der Waals surface area (Å²) < 4.78 is 6.60. The van der Waals surface area contributed by atoms with Gasteiger partial charge in [0.1, 0.15) is 12.4 Å². The molecule has 0 radical (unpaired) electrons. The molecule has 1 heterocycles. The molecule has 3 aromatic carbocycles. The van der Waals surface area contributed by atoms with Crippen molar-refractivity contribution in [2.75, 3.05) is 0 Å². The Hall–Kier alpha value is -2.25. The summed E-state index contributed by atoms with van der Waals surface area (Å²) in [5.41, 5.74) is 2.46. The van der Waals surface area contributed by atoms with Gasteiger partial charge in [0.2, 0.25) is 0 Å². The molecule has 4 rings (SSSR count). The molecule has 4 nitrogen and oxygen atoms in total. The molecule has 1 saturated heterocycles. The average molecular weight is 549 g/mol. The van der Waals surface area contributed by atoms with Gasteiger partial charge in [-0.1, -0.05) is 59.6 Å². The van der Waals surface area contributed by atoms with E-state index < -0.39 is 0 Å². The molecule has 0 unspecified atom stereocenters. The second kappa shape index (κ2) is 10.1. The van der Waals surface area contributed by atoms with Gasteiger partial charge in [0.15, 0.2) is 0 Å². The first kappa shape index (κ1) is 22.9. The van der Waals surface area contributed by atoms with Gasteiger partial charge in [-0.3, -0.25) is 14.5 Å². The fourth-order valence-corrected chi connectivity index (χ4v) is 4.85. The van der Waals surface area contributed by atoms with Crippen LogP contribution in [-0.2, 0) is 17.9 Å². The summed E-state index contributed by atoms with van der Waals surface area (Å²) in [5, 5.41) is 0.903. The van der Waals surface area contributed by atoms with E-state index in [0.717, 1.165) is 32.9 Å². The molecule has 1 aliphatic rings.